The molecule has 104 valence electrons. The van der Waals surface area contributed by atoms with Crippen LogP contribution in [0, 0.1) is 17.2 Å². The number of benzene rings is 1. The molecule has 0 heterocycles. The molecule has 2 atom stereocenters. The predicted octanol–water partition coefficient (Wildman–Crippen LogP) is 2.26. The molecule has 2 N–H and O–H groups in total. The summed E-state index contributed by atoms with van der Waals surface area (Å²) in [7, 11) is 0. The van der Waals surface area contributed by atoms with Gasteiger partial charge in [-0.3, -0.25) is 0 Å². The largest absolute Gasteiger partial charge is 0.479 e. The minimum atomic E-state index is 0.0752. The van der Waals surface area contributed by atoms with Gasteiger partial charge in [0, 0.05) is 12.6 Å². The predicted molar refractivity (Wildman–Crippen MR) is 74.8 cm³/mol. The first-order valence-electron chi connectivity index (χ1n) is 6.61. The van der Waals surface area contributed by atoms with Crippen LogP contribution >= 0.6 is 0 Å². The van der Waals surface area contributed by atoms with Crippen molar-refractivity contribution in [1.82, 2.24) is 5.32 Å². The quantitative estimate of drug-likeness (QED) is 0.754. The van der Waals surface area contributed by atoms with Gasteiger partial charge >= 0.3 is 0 Å². The molecule has 4 heteroatoms. The van der Waals surface area contributed by atoms with E-state index in [2.05, 4.69) is 19.2 Å². The molecule has 0 aliphatic heterocycles. The van der Waals surface area contributed by atoms with E-state index in [-0.39, 0.29) is 19.3 Å². The normalized spacial score (nSPS) is 13.6. The fourth-order valence-electron chi connectivity index (χ4n) is 1.79. The lowest BCUT2D eigenvalue weighted by Crippen LogP contribution is -2.24. The zero-order chi connectivity index (χ0) is 14.1. The van der Waals surface area contributed by atoms with Crippen LogP contribution in [0.15, 0.2) is 24.3 Å². The molecule has 2 unspecified atom stereocenters. The molecule has 0 aliphatic carbocycles. The van der Waals surface area contributed by atoms with Crippen LogP contribution < -0.4 is 10.1 Å². The molecule has 1 aromatic carbocycles. The van der Waals surface area contributed by atoms with Crippen molar-refractivity contribution >= 4 is 0 Å². The SMILES string of the molecule is CC(CCO)CNC(C)c1ccc(OCC#N)cc1. The van der Waals surface area contributed by atoms with E-state index >= 15 is 0 Å². The number of rotatable bonds is 8. The zero-order valence-corrected chi connectivity index (χ0v) is 11.6. The summed E-state index contributed by atoms with van der Waals surface area (Å²) in [6, 6.07) is 9.96. The molecule has 0 fully saturated rings. The van der Waals surface area contributed by atoms with Crippen LogP contribution in [-0.2, 0) is 0 Å². The highest BCUT2D eigenvalue weighted by Gasteiger charge is 2.07. The molecule has 0 bridgehead atoms. The third-order valence-corrected chi connectivity index (χ3v) is 3.08. The van der Waals surface area contributed by atoms with Gasteiger partial charge < -0.3 is 15.2 Å². The maximum absolute atomic E-state index is 8.86. The van der Waals surface area contributed by atoms with E-state index in [0.29, 0.717) is 11.7 Å². The van der Waals surface area contributed by atoms with Crippen molar-refractivity contribution in [3.63, 3.8) is 0 Å². The van der Waals surface area contributed by atoms with Crippen molar-refractivity contribution in [3.8, 4) is 11.8 Å². The summed E-state index contributed by atoms with van der Waals surface area (Å²) in [5, 5.41) is 20.7. The van der Waals surface area contributed by atoms with Crippen LogP contribution in [0.25, 0.3) is 0 Å². The minimum Gasteiger partial charge on any atom is -0.479 e. The molecular weight excluding hydrogens is 240 g/mol. The molecule has 0 radical (unpaired) electrons. The Morgan fingerprint density at radius 2 is 2.00 bits per heavy atom. The second-order valence-electron chi connectivity index (χ2n) is 4.76. The van der Waals surface area contributed by atoms with E-state index in [4.69, 9.17) is 15.1 Å². The molecule has 0 saturated carbocycles. The van der Waals surface area contributed by atoms with Gasteiger partial charge in [0.25, 0.3) is 0 Å². The van der Waals surface area contributed by atoms with Crippen molar-refractivity contribution in [1.29, 1.82) is 5.26 Å². The van der Waals surface area contributed by atoms with Gasteiger partial charge in [0.15, 0.2) is 6.61 Å². The van der Waals surface area contributed by atoms with Gasteiger partial charge in [-0.05, 0) is 43.5 Å². The smallest absolute Gasteiger partial charge is 0.174 e. The Balaban J connectivity index is 2.44. The topological polar surface area (TPSA) is 65.3 Å². The fourth-order valence-corrected chi connectivity index (χ4v) is 1.79. The van der Waals surface area contributed by atoms with Crippen LogP contribution in [0.5, 0.6) is 5.75 Å². The van der Waals surface area contributed by atoms with Crippen LogP contribution in [0.3, 0.4) is 0 Å². The summed E-state index contributed by atoms with van der Waals surface area (Å²) >= 11 is 0. The number of nitrogens with zero attached hydrogens (tertiary/aromatic N) is 1. The molecule has 0 aliphatic rings. The van der Waals surface area contributed by atoms with Gasteiger partial charge in [0.05, 0.1) is 0 Å². The van der Waals surface area contributed by atoms with E-state index in [1.54, 1.807) is 0 Å². The van der Waals surface area contributed by atoms with E-state index in [1.807, 2.05) is 30.3 Å². The van der Waals surface area contributed by atoms with Crippen LogP contribution in [0.2, 0.25) is 0 Å². The van der Waals surface area contributed by atoms with Crippen molar-refractivity contribution in [2.75, 3.05) is 19.8 Å². The number of hydrogen-bond donors (Lipinski definition) is 2. The highest BCUT2D eigenvalue weighted by molar-refractivity contribution is 5.29. The first kappa shape index (κ1) is 15.5. The van der Waals surface area contributed by atoms with Gasteiger partial charge in [0.2, 0.25) is 0 Å². The summed E-state index contributed by atoms with van der Waals surface area (Å²) < 4.78 is 5.21. The van der Waals surface area contributed by atoms with E-state index < -0.39 is 0 Å². The first-order chi connectivity index (χ1) is 9.17. The molecule has 4 nitrogen and oxygen atoms in total. The second kappa shape index (κ2) is 8.52. The summed E-state index contributed by atoms with van der Waals surface area (Å²) in [6.07, 6.45) is 0.820. The third-order valence-electron chi connectivity index (χ3n) is 3.08. The van der Waals surface area contributed by atoms with Crippen molar-refractivity contribution in [3.05, 3.63) is 29.8 Å². The maximum Gasteiger partial charge on any atom is 0.174 e. The Morgan fingerprint density at radius 3 is 2.58 bits per heavy atom. The summed E-state index contributed by atoms with van der Waals surface area (Å²) in [4.78, 5) is 0. The van der Waals surface area contributed by atoms with E-state index in [9.17, 15) is 0 Å². The summed E-state index contributed by atoms with van der Waals surface area (Å²) in [6.45, 7) is 5.42. The summed E-state index contributed by atoms with van der Waals surface area (Å²) in [5.74, 6) is 1.18. The van der Waals surface area contributed by atoms with Gasteiger partial charge in [-0.25, -0.2) is 0 Å². The first-order valence-corrected chi connectivity index (χ1v) is 6.61. The Hall–Kier alpha value is -1.57. The Bertz CT molecular complexity index is 398. The van der Waals surface area contributed by atoms with Gasteiger partial charge in [-0.15, -0.1) is 0 Å². The molecule has 1 aromatic rings. The molecule has 0 amide bonds. The molecule has 19 heavy (non-hydrogen) atoms. The van der Waals surface area contributed by atoms with Crippen molar-refractivity contribution in [2.24, 2.45) is 5.92 Å². The zero-order valence-electron chi connectivity index (χ0n) is 11.6. The molecular formula is C15H22N2O2. The number of nitrogens with one attached hydrogen (secondary N) is 1. The van der Waals surface area contributed by atoms with E-state index in [1.165, 1.54) is 5.56 Å². The molecule has 0 spiro atoms. The van der Waals surface area contributed by atoms with Crippen molar-refractivity contribution < 1.29 is 9.84 Å². The minimum absolute atomic E-state index is 0.0752. The summed E-state index contributed by atoms with van der Waals surface area (Å²) in [5.41, 5.74) is 1.18. The highest BCUT2D eigenvalue weighted by Crippen LogP contribution is 2.17. The average molecular weight is 262 g/mol. The third kappa shape index (κ3) is 5.73. The molecule has 0 aromatic heterocycles. The van der Waals surface area contributed by atoms with Crippen molar-refractivity contribution in [2.45, 2.75) is 26.3 Å². The van der Waals surface area contributed by atoms with Gasteiger partial charge in [-0.2, -0.15) is 5.26 Å². The maximum atomic E-state index is 8.86. The average Bonchev–Trinajstić information content (AvgIpc) is 2.43. The molecule has 0 saturated heterocycles. The van der Waals surface area contributed by atoms with Gasteiger partial charge in [-0.1, -0.05) is 19.1 Å². The number of ether oxygens (including phenoxy) is 1. The number of aliphatic hydroxyl groups is 1. The van der Waals surface area contributed by atoms with E-state index in [0.717, 1.165) is 13.0 Å². The lowest BCUT2D eigenvalue weighted by atomic mass is 10.1. The van der Waals surface area contributed by atoms with Gasteiger partial charge in [0.1, 0.15) is 11.8 Å². The number of hydrogen-bond acceptors (Lipinski definition) is 4. The van der Waals surface area contributed by atoms with Crippen LogP contribution in [-0.4, -0.2) is 24.9 Å². The second-order valence-corrected chi connectivity index (χ2v) is 4.76. The number of aliphatic hydroxyl groups excluding tert-OH is 1. The standard InChI is InChI=1S/C15H22N2O2/c1-12(7-9-18)11-17-13(2)14-3-5-15(6-4-14)19-10-8-16/h3-6,12-13,17-18H,7,9-11H2,1-2H3. The highest BCUT2D eigenvalue weighted by atomic mass is 16.5. The van der Waals surface area contributed by atoms with Crippen LogP contribution in [0.1, 0.15) is 31.9 Å². The molecule has 1 rings (SSSR count). The fraction of sp³-hybridized carbons (Fsp3) is 0.533. The Morgan fingerprint density at radius 1 is 1.32 bits per heavy atom. The lowest BCUT2D eigenvalue weighted by molar-refractivity contribution is 0.258. The Labute approximate surface area is 115 Å². The Kier molecular flexibility index (Phi) is 6.94. The monoisotopic (exact) mass is 262 g/mol. The van der Waals surface area contributed by atoms with Crippen LogP contribution in [0.4, 0.5) is 0 Å². The lowest BCUT2D eigenvalue weighted by Gasteiger charge is -2.17. The number of nitriles is 1.